The predicted molar refractivity (Wildman–Crippen MR) is 120 cm³/mol. The number of nitrogens with one attached hydrogen (secondary N) is 1. The van der Waals surface area contributed by atoms with Gasteiger partial charge in [-0.1, -0.05) is 22.7 Å². The summed E-state index contributed by atoms with van der Waals surface area (Å²) in [5.74, 6) is -2.04. The number of thioether (sulfide) groups is 2. The Morgan fingerprint density at radius 1 is 1.33 bits per heavy atom. The normalized spacial score (nSPS) is 19.4. The van der Waals surface area contributed by atoms with Crippen molar-refractivity contribution in [3.63, 3.8) is 0 Å². The number of carboxylic acid groups (broad SMARTS) is 1. The molecule has 2 aromatic rings. The van der Waals surface area contributed by atoms with E-state index >= 15 is 0 Å². The van der Waals surface area contributed by atoms with Crippen LogP contribution in [0.1, 0.15) is 5.69 Å². The van der Waals surface area contributed by atoms with E-state index < -0.39 is 29.2 Å². The zero-order chi connectivity index (χ0) is 23.5. The van der Waals surface area contributed by atoms with Gasteiger partial charge < -0.3 is 15.6 Å². The van der Waals surface area contributed by atoms with E-state index in [-0.39, 0.29) is 33.3 Å². The Morgan fingerprint density at radius 2 is 2.15 bits per heavy atom. The van der Waals surface area contributed by atoms with E-state index in [1.165, 1.54) is 48.1 Å². The zero-order valence-corrected chi connectivity index (χ0v) is 19.1. The highest BCUT2D eigenvalue weighted by molar-refractivity contribution is 8.01. The number of aliphatic carboxylic acids is 1. The molecule has 1 saturated heterocycles. The van der Waals surface area contributed by atoms with Gasteiger partial charge in [-0.25, -0.2) is 9.00 Å². The van der Waals surface area contributed by atoms with E-state index in [1.54, 1.807) is 18.2 Å². The molecule has 0 aliphatic carbocycles. The molecule has 0 spiro atoms. The van der Waals surface area contributed by atoms with Gasteiger partial charge in [-0.15, -0.1) is 11.8 Å². The summed E-state index contributed by atoms with van der Waals surface area (Å²) in [5, 5.41) is 27.2. The topological polar surface area (TPSA) is 156 Å². The lowest BCUT2D eigenvalue weighted by Gasteiger charge is -2.49. The van der Waals surface area contributed by atoms with Gasteiger partial charge in [0, 0.05) is 28.9 Å². The summed E-state index contributed by atoms with van der Waals surface area (Å²) in [5.41, 5.74) is 0.555. The van der Waals surface area contributed by atoms with Gasteiger partial charge in [-0.05, 0) is 23.8 Å². The Bertz CT molecular complexity index is 1220. The van der Waals surface area contributed by atoms with Crippen molar-refractivity contribution in [2.24, 2.45) is 0 Å². The Balaban J connectivity index is 1.49. The number of nitrogens with zero attached hydrogens (tertiary/aromatic N) is 4. The number of hydrogen-bond acceptors (Lipinski definition) is 9. The molecule has 1 fully saturated rings. The highest BCUT2D eigenvalue weighted by Crippen LogP contribution is 2.41. The molecule has 2 amide bonds. The van der Waals surface area contributed by atoms with Crippen LogP contribution in [-0.4, -0.2) is 69.9 Å². The molecule has 2 aromatic heterocycles. The van der Waals surface area contributed by atoms with E-state index in [4.69, 9.17) is 0 Å². The Labute approximate surface area is 198 Å². The molecule has 4 heterocycles. The molecule has 170 valence electrons. The largest absolute Gasteiger partial charge is 0.594 e. The molecule has 0 saturated carbocycles. The monoisotopic (exact) mass is 505 g/mol. The first-order chi connectivity index (χ1) is 15.9. The van der Waals surface area contributed by atoms with Gasteiger partial charge >= 0.3 is 5.97 Å². The number of hydrogen-bond donors (Lipinski definition) is 2. The molecule has 0 aromatic carbocycles. The van der Waals surface area contributed by atoms with Crippen molar-refractivity contribution in [3.05, 3.63) is 64.9 Å². The van der Waals surface area contributed by atoms with Crippen LogP contribution >= 0.6 is 23.5 Å². The molecule has 0 bridgehead atoms. The van der Waals surface area contributed by atoms with E-state index in [0.29, 0.717) is 21.2 Å². The molecule has 2 N–H and O–H groups in total. The second kappa shape index (κ2) is 9.72. The highest BCUT2D eigenvalue weighted by atomic mass is 32.2. The third kappa shape index (κ3) is 4.62. The highest BCUT2D eigenvalue weighted by Gasteiger charge is 2.54. The van der Waals surface area contributed by atoms with Crippen molar-refractivity contribution in [2.75, 3.05) is 11.5 Å². The maximum absolute atomic E-state index is 12.8. The van der Waals surface area contributed by atoms with Gasteiger partial charge in [-0.3, -0.25) is 19.5 Å². The number of pyridine rings is 1. The van der Waals surface area contributed by atoms with Crippen molar-refractivity contribution in [1.82, 2.24) is 20.3 Å². The zero-order valence-electron chi connectivity index (χ0n) is 16.6. The maximum Gasteiger partial charge on any atom is 0.352 e. The number of carbonyl (C=O) groups is 3. The first kappa shape index (κ1) is 22.9. The van der Waals surface area contributed by atoms with Crippen LogP contribution in [0.25, 0.3) is 0 Å². The van der Waals surface area contributed by atoms with Crippen LogP contribution < -0.4 is 10.2 Å². The number of aromatic nitrogens is 3. The van der Waals surface area contributed by atoms with Crippen LogP contribution in [-0.2, 0) is 25.6 Å². The molecular weight excluding hydrogens is 490 g/mol. The van der Waals surface area contributed by atoms with Crippen LogP contribution in [0, 0.1) is 5.21 Å². The number of amides is 2. The molecule has 0 radical (unpaired) electrons. The van der Waals surface area contributed by atoms with Crippen LogP contribution in [0.5, 0.6) is 0 Å². The van der Waals surface area contributed by atoms with Gasteiger partial charge in [0.25, 0.3) is 11.8 Å². The number of carbonyl (C=O) groups excluding carboxylic acids is 2. The first-order valence-corrected chi connectivity index (χ1v) is 12.2. The lowest BCUT2D eigenvalue weighted by molar-refractivity contribution is -0.672. The van der Waals surface area contributed by atoms with E-state index in [0.717, 1.165) is 4.90 Å². The average Bonchev–Trinajstić information content (AvgIpc) is 2.81. The second-order valence-electron chi connectivity index (χ2n) is 6.78. The minimum Gasteiger partial charge on any atom is -0.594 e. The van der Waals surface area contributed by atoms with E-state index in [9.17, 15) is 28.9 Å². The van der Waals surface area contributed by atoms with Crippen molar-refractivity contribution in [2.45, 2.75) is 16.4 Å². The first-order valence-electron chi connectivity index (χ1n) is 9.39. The number of rotatable bonds is 7. The van der Waals surface area contributed by atoms with E-state index in [2.05, 4.69) is 15.4 Å². The minimum atomic E-state index is -1.26. The number of β-lactam (4-membered cyclic amide) rings is 1. The quantitative estimate of drug-likeness (QED) is 0.124. The Morgan fingerprint density at radius 3 is 2.82 bits per heavy atom. The van der Waals surface area contributed by atoms with Crippen molar-refractivity contribution in [3.8, 4) is 0 Å². The summed E-state index contributed by atoms with van der Waals surface area (Å²) < 4.78 is 11.5. The molecule has 2 aliphatic heterocycles. The van der Waals surface area contributed by atoms with E-state index in [1.807, 2.05) is 0 Å². The summed E-state index contributed by atoms with van der Waals surface area (Å²) in [6.07, 6.45) is 2.68. The Hall–Kier alpha value is -3.23. The molecule has 33 heavy (non-hydrogen) atoms. The van der Waals surface area contributed by atoms with Crippen molar-refractivity contribution >= 4 is 57.4 Å². The molecule has 2 atom stereocenters. The molecular formula is C19H15N5O6S3. The fraction of sp³-hybridized carbons (Fsp3) is 0.211. The smallest absolute Gasteiger partial charge is 0.352 e. The third-order valence-electron chi connectivity index (χ3n) is 4.77. The van der Waals surface area contributed by atoms with Gasteiger partial charge in [0.2, 0.25) is 6.20 Å². The lowest BCUT2D eigenvalue weighted by atomic mass is 10.0. The molecule has 14 heteroatoms. The molecule has 1 unspecified atom stereocenters. The van der Waals surface area contributed by atoms with Gasteiger partial charge in [-0.2, -0.15) is 0 Å². The minimum absolute atomic E-state index is 0.0260. The van der Waals surface area contributed by atoms with Crippen molar-refractivity contribution in [1.29, 1.82) is 0 Å². The summed E-state index contributed by atoms with van der Waals surface area (Å²) in [6.45, 7) is 0. The number of fused-ring (bicyclic) bond motifs is 1. The predicted octanol–water partition coefficient (Wildman–Crippen LogP) is -0.626. The summed E-state index contributed by atoms with van der Waals surface area (Å²) in [7, 11) is 0. The summed E-state index contributed by atoms with van der Waals surface area (Å²) in [4.78, 5) is 42.7. The SMILES string of the molecule is O=S=C(C(=O)NC1C(=O)N2C(C(=O)O)=C(CSc3ccc[n+]([O-])n3)CS[C@H]12)c1ccccn1. The average molecular weight is 506 g/mol. The second-order valence-corrected chi connectivity index (χ2v) is 9.46. The molecule has 4 rings (SSSR count). The van der Waals surface area contributed by atoms with Crippen LogP contribution in [0.15, 0.2) is 59.0 Å². The fourth-order valence-electron chi connectivity index (χ4n) is 3.30. The fourth-order valence-corrected chi connectivity index (χ4v) is 5.99. The van der Waals surface area contributed by atoms with Crippen LogP contribution in [0.2, 0.25) is 0 Å². The standard InChI is InChI=1S/C19H15N5O6S3/c25-16(15(33-30)11-4-1-2-6-20-11)21-13-17(26)24-14(19(27)28)10(9-32-18(13)24)8-31-12-5-3-7-23(29)22-12/h1-7,13,18H,8-9H2,(H,21,25)(H,27,28)/t13?,18-/m1/s1. The summed E-state index contributed by atoms with van der Waals surface area (Å²) >= 11 is 2.47. The van der Waals surface area contributed by atoms with Gasteiger partial charge in [0.15, 0.2) is 9.89 Å². The van der Waals surface area contributed by atoms with Crippen LogP contribution in [0.3, 0.4) is 0 Å². The molecule has 11 nitrogen and oxygen atoms in total. The summed E-state index contributed by atoms with van der Waals surface area (Å²) in [6, 6.07) is 6.97. The van der Waals surface area contributed by atoms with Crippen LogP contribution in [0.4, 0.5) is 0 Å². The third-order valence-corrected chi connectivity index (χ3v) is 7.67. The maximum atomic E-state index is 12.8. The van der Waals surface area contributed by atoms with Crippen molar-refractivity contribution < 1.29 is 28.5 Å². The van der Waals surface area contributed by atoms with Gasteiger partial charge in [0.05, 0.1) is 5.69 Å². The lowest BCUT2D eigenvalue weighted by Crippen LogP contribution is -2.71. The molecule has 2 aliphatic rings. The van der Waals surface area contributed by atoms with Gasteiger partial charge in [0.1, 0.15) is 28.4 Å². The number of carboxylic acids is 1. The Kier molecular flexibility index (Phi) is 6.76.